The van der Waals surface area contributed by atoms with Gasteiger partial charge in [0.15, 0.2) is 0 Å². The molecule has 2 atom stereocenters. The Kier molecular flexibility index (Phi) is 5.35. The van der Waals surface area contributed by atoms with Gasteiger partial charge in [0.05, 0.1) is 0 Å². The monoisotopic (exact) mass is 288 g/mol. The van der Waals surface area contributed by atoms with Crippen LogP contribution in [0.2, 0.25) is 0 Å². The van der Waals surface area contributed by atoms with Gasteiger partial charge in [-0.2, -0.15) is 0 Å². The molecule has 1 aliphatic rings. The van der Waals surface area contributed by atoms with Gasteiger partial charge in [0.25, 0.3) is 0 Å². The zero-order valence-corrected chi connectivity index (χ0v) is 13.3. The Morgan fingerprint density at radius 2 is 1.56 bits per heavy atom. The first-order valence-electron chi connectivity index (χ1n) is 6.94. The lowest BCUT2D eigenvalue weighted by Gasteiger charge is -2.37. The molecular weight excluding hydrogens is 260 g/mol. The first kappa shape index (κ1) is 14.5. The van der Waals surface area contributed by atoms with Gasteiger partial charge in [0, 0.05) is 4.83 Å². The summed E-state index contributed by atoms with van der Waals surface area (Å²) in [7, 11) is 0. The fourth-order valence-corrected chi connectivity index (χ4v) is 3.19. The van der Waals surface area contributed by atoms with Crippen LogP contribution in [0.1, 0.15) is 66.7 Å². The van der Waals surface area contributed by atoms with Crippen molar-refractivity contribution in [1.82, 2.24) is 0 Å². The van der Waals surface area contributed by atoms with Gasteiger partial charge in [-0.25, -0.2) is 0 Å². The van der Waals surface area contributed by atoms with E-state index in [1.165, 1.54) is 32.1 Å². The van der Waals surface area contributed by atoms with Crippen LogP contribution in [0.15, 0.2) is 0 Å². The van der Waals surface area contributed by atoms with E-state index >= 15 is 0 Å². The van der Waals surface area contributed by atoms with Crippen LogP contribution >= 0.6 is 15.9 Å². The molecule has 1 aliphatic carbocycles. The van der Waals surface area contributed by atoms with Crippen molar-refractivity contribution in [2.75, 3.05) is 0 Å². The third kappa shape index (κ3) is 4.39. The standard InChI is InChI=1S/C15H29Br/c1-11(12(2)16)10-13-6-8-14(9-7-13)15(3,4)5/h11-14H,6-10H2,1-5H3. The summed E-state index contributed by atoms with van der Waals surface area (Å²) in [6.45, 7) is 11.9. The number of alkyl halides is 1. The molecule has 0 aromatic carbocycles. The molecule has 0 heterocycles. The highest BCUT2D eigenvalue weighted by Crippen LogP contribution is 2.41. The van der Waals surface area contributed by atoms with Gasteiger partial charge >= 0.3 is 0 Å². The van der Waals surface area contributed by atoms with E-state index in [0.29, 0.717) is 10.2 Å². The van der Waals surface area contributed by atoms with Crippen LogP contribution in [0.5, 0.6) is 0 Å². The van der Waals surface area contributed by atoms with Crippen molar-refractivity contribution >= 4 is 15.9 Å². The Labute approximate surface area is 111 Å². The van der Waals surface area contributed by atoms with E-state index in [4.69, 9.17) is 0 Å². The number of halogens is 1. The van der Waals surface area contributed by atoms with Crippen LogP contribution in [0.25, 0.3) is 0 Å². The van der Waals surface area contributed by atoms with Crippen LogP contribution in [0.3, 0.4) is 0 Å². The van der Waals surface area contributed by atoms with Crippen LogP contribution in [-0.4, -0.2) is 4.83 Å². The fraction of sp³-hybridized carbons (Fsp3) is 1.00. The molecule has 0 nitrogen and oxygen atoms in total. The molecule has 0 saturated heterocycles. The van der Waals surface area contributed by atoms with E-state index in [1.807, 2.05) is 0 Å². The molecule has 0 radical (unpaired) electrons. The molecule has 1 heteroatoms. The molecule has 0 bridgehead atoms. The Morgan fingerprint density at radius 3 is 1.94 bits per heavy atom. The summed E-state index contributed by atoms with van der Waals surface area (Å²) in [4.78, 5) is 0.674. The molecule has 1 saturated carbocycles. The summed E-state index contributed by atoms with van der Waals surface area (Å²) >= 11 is 3.71. The highest BCUT2D eigenvalue weighted by atomic mass is 79.9. The number of rotatable bonds is 3. The Morgan fingerprint density at radius 1 is 1.06 bits per heavy atom. The Balaban J connectivity index is 2.32. The maximum Gasteiger partial charge on any atom is 0.0143 e. The van der Waals surface area contributed by atoms with Gasteiger partial charge in [-0.1, -0.05) is 63.4 Å². The smallest absolute Gasteiger partial charge is 0.0143 e. The minimum atomic E-state index is 0.527. The van der Waals surface area contributed by atoms with Crippen molar-refractivity contribution in [3.63, 3.8) is 0 Å². The van der Waals surface area contributed by atoms with Crippen molar-refractivity contribution in [3.8, 4) is 0 Å². The third-order valence-corrected chi connectivity index (χ3v) is 5.46. The Hall–Kier alpha value is 0.480. The summed E-state index contributed by atoms with van der Waals surface area (Å²) in [5, 5.41) is 0. The summed E-state index contributed by atoms with van der Waals surface area (Å²) in [5.74, 6) is 2.78. The molecule has 1 fully saturated rings. The number of hydrogen-bond donors (Lipinski definition) is 0. The molecule has 2 unspecified atom stereocenters. The maximum absolute atomic E-state index is 3.71. The highest BCUT2D eigenvalue weighted by Gasteiger charge is 2.30. The summed E-state index contributed by atoms with van der Waals surface area (Å²) in [6.07, 6.45) is 7.26. The topological polar surface area (TPSA) is 0 Å². The first-order valence-corrected chi connectivity index (χ1v) is 7.86. The molecule has 0 aromatic rings. The molecule has 0 N–H and O–H groups in total. The fourth-order valence-electron chi connectivity index (χ4n) is 2.98. The highest BCUT2D eigenvalue weighted by molar-refractivity contribution is 9.09. The lowest BCUT2D eigenvalue weighted by atomic mass is 9.68. The van der Waals surface area contributed by atoms with Crippen LogP contribution in [0, 0.1) is 23.2 Å². The van der Waals surface area contributed by atoms with Crippen LogP contribution < -0.4 is 0 Å². The third-order valence-electron chi connectivity index (χ3n) is 4.56. The molecule has 0 amide bonds. The maximum atomic E-state index is 3.71. The van der Waals surface area contributed by atoms with E-state index in [0.717, 1.165) is 17.8 Å². The second-order valence-electron chi connectivity index (χ2n) is 6.97. The van der Waals surface area contributed by atoms with Crippen molar-refractivity contribution in [2.24, 2.45) is 23.2 Å². The van der Waals surface area contributed by atoms with Crippen molar-refractivity contribution < 1.29 is 0 Å². The summed E-state index contributed by atoms with van der Waals surface area (Å²) in [6, 6.07) is 0. The largest absolute Gasteiger partial charge is 0.0891 e. The molecule has 0 aliphatic heterocycles. The van der Waals surface area contributed by atoms with E-state index in [9.17, 15) is 0 Å². The van der Waals surface area contributed by atoms with E-state index < -0.39 is 0 Å². The predicted molar refractivity (Wildman–Crippen MR) is 77.1 cm³/mol. The molecule has 0 aromatic heterocycles. The van der Waals surface area contributed by atoms with Gasteiger partial charge in [-0.05, 0) is 42.4 Å². The van der Waals surface area contributed by atoms with E-state index in [2.05, 4.69) is 50.5 Å². The van der Waals surface area contributed by atoms with Crippen molar-refractivity contribution in [3.05, 3.63) is 0 Å². The second kappa shape index (κ2) is 5.89. The Bertz CT molecular complexity index is 194. The lowest BCUT2D eigenvalue weighted by Crippen LogP contribution is -2.27. The van der Waals surface area contributed by atoms with Crippen molar-refractivity contribution in [1.29, 1.82) is 0 Å². The van der Waals surface area contributed by atoms with Crippen LogP contribution in [-0.2, 0) is 0 Å². The summed E-state index contributed by atoms with van der Waals surface area (Å²) in [5.41, 5.74) is 0.527. The average molecular weight is 289 g/mol. The quantitative estimate of drug-likeness (QED) is 0.589. The average Bonchev–Trinajstić information content (AvgIpc) is 2.17. The zero-order chi connectivity index (χ0) is 12.3. The van der Waals surface area contributed by atoms with E-state index in [1.54, 1.807) is 0 Å². The van der Waals surface area contributed by atoms with Gasteiger partial charge in [-0.15, -0.1) is 0 Å². The molecule has 16 heavy (non-hydrogen) atoms. The predicted octanol–water partition coefficient (Wildman–Crippen LogP) is 5.65. The SMILES string of the molecule is CC(Br)C(C)CC1CCC(C(C)(C)C)CC1. The normalized spacial score (nSPS) is 31.1. The van der Waals surface area contributed by atoms with Gasteiger partial charge in [-0.3, -0.25) is 0 Å². The molecular formula is C15H29Br. The van der Waals surface area contributed by atoms with Gasteiger partial charge < -0.3 is 0 Å². The first-order chi connectivity index (χ1) is 7.30. The second-order valence-corrected chi connectivity index (χ2v) is 8.42. The molecule has 96 valence electrons. The minimum Gasteiger partial charge on any atom is -0.0891 e. The summed E-state index contributed by atoms with van der Waals surface area (Å²) < 4.78 is 0. The van der Waals surface area contributed by atoms with Crippen molar-refractivity contribution in [2.45, 2.75) is 71.5 Å². The molecule has 1 rings (SSSR count). The zero-order valence-electron chi connectivity index (χ0n) is 11.7. The molecule has 0 spiro atoms. The van der Waals surface area contributed by atoms with Gasteiger partial charge in [0.2, 0.25) is 0 Å². The minimum absolute atomic E-state index is 0.527. The lowest BCUT2D eigenvalue weighted by molar-refractivity contribution is 0.140. The van der Waals surface area contributed by atoms with E-state index in [-0.39, 0.29) is 0 Å². The van der Waals surface area contributed by atoms with Crippen LogP contribution in [0.4, 0.5) is 0 Å². The van der Waals surface area contributed by atoms with Gasteiger partial charge in [0.1, 0.15) is 0 Å². The number of hydrogen-bond acceptors (Lipinski definition) is 0.